The molecule has 2 aliphatic heterocycles. The predicted octanol–water partition coefficient (Wildman–Crippen LogP) is 1.81. The topological polar surface area (TPSA) is 52.7 Å². The second-order valence-corrected chi connectivity index (χ2v) is 6.29. The minimum atomic E-state index is -0.856. The highest BCUT2D eigenvalue weighted by Gasteiger charge is 2.28. The van der Waals surface area contributed by atoms with E-state index in [1.54, 1.807) is 4.90 Å². The summed E-state index contributed by atoms with van der Waals surface area (Å²) in [6, 6.07) is 3.20. The number of hydrogen-bond acceptors (Lipinski definition) is 3. The summed E-state index contributed by atoms with van der Waals surface area (Å²) in [6.07, 6.45) is 2.61. The van der Waals surface area contributed by atoms with Crippen LogP contribution in [0.3, 0.4) is 0 Å². The first kappa shape index (κ1) is 19.6. The van der Waals surface area contributed by atoms with Crippen molar-refractivity contribution in [2.75, 3.05) is 32.7 Å². The average Bonchev–Trinajstić information content (AvgIpc) is 3.07. The van der Waals surface area contributed by atoms with Gasteiger partial charge in [0.1, 0.15) is 11.6 Å². The third-order valence-corrected chi connectivity index (χ3v) is 4.66. The second-order valence-electron chi connectivity index (χ2n) is 6.29. The highest BCUT2D eigenvalue weighted by molar-refractivity contribution is 5.94. The second kappa shape index (κ2) is 8.58. The normalized spacial score (nSPS) is 20.3. The fourth-order valence-electron chi connectivity index (χ4n) is 3.26. The Balaban J connectivity index is 0.00000225. The van der Waals surface area contributed by atoms with Crippen molar-refractivity contribution in [3.63, 3.8) is 0 Å². The van der Waals surface area contributed by atoms with Gasteiger partial charge in [-0.3, -0.25) is 9.59 Å². The molecule has 5 nitrogen and oxygen atoms in total. The number of rotatable bonds is 3. The summed E-state index contributed by atoms with van der Waals surface area (Å²) in [5, 5.41) is 3.30. The van der Waals surface area contributed by atoms with Crippen molar-refractivity contribution in [1.82, 2.24) is 15.1 Å². The molecule has 1 aromatic carbocycles. The Bertz CT molecular complexity index is 630. The van der Waals surface area contributed by atoms with Crippen LogP contribution >= 0.6 is 12.4 Å². The van der Waals surface area contributed by atoms with E-state index in [9.17, 15) is 18.4 Å². The molecule has 2 fully saturated rings. The van der Waals surface area contributed by atoms with Crippen LogP contribution in [0.15, 0.2) is 18.2 Å². The van der Waals surface area contributed by atoms with E-state index in [0.717, 1.165) is 31.5 Å². The Morgan fingerprint density at radius 2 is 1.80 bits per heavy atom. The lowest BCUT2D eigenvalue weighted by Gasteiger charge is -2.35. The van der Waals surface area contributed by atoms with E-state index in [4.69, 9.17) is 0 Å². The molecule has 0 aromatic heterocycles. The first-order valence-electron chi connectivity index (χ1n) is 8.30. The molecule has 0 saturated carbocycles. The van der Waals surface area contributed by atoms with E-state index in [2.05, 4.69) is 5.32 Å². The van der Waals surface area contributed by atoms with Gasteiger partial charge in [-0.1, -0.05) is 0 Å². The van der Waals surface area contributed by atoms with Crippen LogP contribution in [0.5, 0.6) is 0 Å². The van der Waals surface area contributed by atoms with Crippen molar-refractivity contribution < 1.29 is 18.4 Å². The number of hydrogen-bond donors (Lipinski definition) is 1. The zero-order valence-electron chi connectivity index (χ0n) is 13.8. The summed E-state index contributed by atoms with van der Waals surface area (Å²) in [6.45, 7) is 2.57. The molecule has 1 atom stereocenters. The largest absolute Gasteiger partial charge is 0.339 e. The van der Waals surface area contributed by atoms with E-state index in [1.807, 2.05) is 0 Å². The Kier molecular flexibility index (Phi) is 6.72. The smallest absolute Gasteiger partial charge is 0.256 e. The molecule has 0 bridgehead atoms. The standard InChI is InChI=1S/C17H21F2N3O2.ClH/c18-12-3-4-14(15(19)10-12)17(24)22-8-6-21(7-9-22)16(23)11-13-2-1-5-20-13;/h3-4,10,13,20H,1-2,5-9,11H2;1H. The lowest BCUT2D eigenvalue weighted by Crippen LogP contribution is -2.51. The van der Waals surface area contributed by atoms with Crippen LogP contribution in [0.25, 0.3) is 0 Å². The number of benzene rings is 1. The van der Waals surface area contributed by atoms with Gasteiger partial charge in [-0.2, -0.15) is 0 Å². The van der Waals surface area contributed by atoms with Crippen molar-refractivity contribution in [2.45, 2.75) is 25.3 Å². The van der Waals surface area contributed by atoms with Gasteiger partial charge in [0.25, 0.3) is 5.91 Å². The molecule has 1 aromatic rings. The minimum absolute atomic E-state index is 0. The lowest BCUT2D eigenvalue weighted by molar-refractivity contribution is -0.133. The van der Waals surface area contributed by atoms with Crippen LogP contribution in [0.4, 0.5) is 8.78 Å². The zero-order valence-corrected chi connectivity index (χ0v) is 14.7. The Hall–Kier alpha value is -1.73. The molecular formula is C17H22ClF2N3O2. The maximum Gasteiger partial charge on any atom is 0.256 e. The maximum absolute atomic E-state index is 13.7. The predicted molar refractivity (Wildman–Crippen MR) is 91.7 cm³/mol. The van der Waals surface area contributed by atoms with Crippen LogP contribution in [0, 0.1) is 11.6 Å². The molecule has 2 amide bonds. The van der Waals surface area contributed by atoms with Crippen LogP contribution < -0.4 is 5.32 Å². The average molecular weight is 374 g/mol. The molecular weight excluding hydrogens is 352 g/mol. The van der Waals surface area contributed by atoms with Gasteiger partial charge in [0.15, 0.2) is 0 Å². The van der Waals surface area contributed by atoms with Crippen LogP contribution in [-0.4, -0.2) is 60.4 Å². The first-order chi connectivity index (χ1) is 11.5. The number of halogens is 3. The van der Waals surface area contributed by atoms with Gasteiger partial charge < -0.3 is 15.1 Å². The van der Waals surface area contributed by atoms with Gasteiger partial charge in [0.2, 0.25) is 5.91 Å². The number of piperazine rings is 1. The van der Waals surface area contributed by atoms with Gasteiger partial charge in [-0.25, -0.2) is 8.78 Å². The highest BCUT2D eigenvalue weighted by atomic mass is 35.5. The van der Waals surface area contributed by atoms with Crippen molar-refractivity contribution >= 4 is 24.2 Å². The molecule has 2 aliphatic rings. The quantitative estimate of drug-likeness (QED) is 0.879. The molecule has 0 aliphatic carbocycles. The van der Waals surface area contributed by atoms with Gasteiger partial charge in [0, 0.05) is 44.7 Å². The fraction of sp³-hybridized carbons (Fsp3) is 0.529. The zero-order chi connectivity index (χ0) is 17.1. The van der Waals surface area contributed by atoms with Gasteiger partial charge >= 0.3 is 0 Å². The van der Waals surface area contributed by atoms with Crippen LogP contribution in [-0.2, 0) is 4.79 Å². The summed E-state index contributed by atoms with van der Waals surface area (Å²) in [7, 11) is 0. The molecule has 8 heteroatoms. The van der Waals surface area contributed by atoms with Crippen molar-refractivity contribution in [3.05, 3.63) is 35.4 Å². The monoisotopic (exact) mass is 373 g/mol. The number of amides is 2. The van der Waals surface area contributed by atoms with Crippen LogP contribution in [0.2, 0.25) is 0 Å². The number of carbonyl (C=O) groups is 2. The summed E-state index contributed by atoms with van der Waals surface area (Å²) in [4.78, 5) is 27.9. The molecule has 1 unspecified atom stereocenters. The number of nitrogens with zero attached hydrogens (tertiary/aromatic N) is 2. The molecule has 0 radical (unpaired) electrons. The van der Waals surface area contributed by atoms with Gasteiger partial charge in [0.05, 0.1) is 5.56 Å². The first-order valence-corrected chi connectivity index (χ1v) is 8.30. The summed E-state index contributed by atoms with van der Waals surface area (Å²) in [5.41, 5.74) is -0.133. The molecule has 3 rings (SSSR count). The molecule has 2 heterocycles. The number of nitrogens with one attached hydrogen (secondary N) is 1. The maximum atomic E-state index is 13.7. The number of carbonyl (C=O) groups excluding carboxylic acids is 2. The lowest BCUT2D eigenvalue weighted by atomic mass is 10.1. The van der Waals surface area contributed by atoms with Crippen LogP contribution in [0.1, 0.15) is 29.6 Å². The Morgan fingerprint density at radius 1 is 1.12 bits per heavy atom. The molecule has 138 valence electrons. The van der Waals surface area contributed by atoms with E-state index in [1.165, 1.54) is 4.90 Å². The molecule has 25 heavy (non-hydrogen) atoms. The Labute approximate surface area is 151 Å². The molecule has 1 N–H and O–H groups in total. The van der Waals surface area contributed by atoms with Gasteiger partial charge in [-0.15, -0.1) is 12.4 Å². The van der Waals surface area contributed by atoms with E-state index < -0.39 is 17.5 Å². The highest BCUT2D eigenvalue weighted by Crippen LogP contribution is 2.15. The minimum Gasteiger partial charge on any atom is -0.339 e. The summed E-state index contributed by atoms with van der Waals surface area (Å²) >= 11 is 0. The van der Waals surface area contributed by atoms with E-state index in [-0.39, 0.29) is 29.9 Å². The van der Waals surface area contributed by atoms with E-state index >= 15 is 0 Å². The third kappa shape index (κ3) is 4.67. The van der Waals surface area contributed by atoms with E-state index in [0.29, 0.717) is 38.7 Å². The van der Waals surface area contributed by atoms with Gasteiger partial charge in [-0.05, 0) is 31.5 Å². The fourth-order valence-corrected chi connectivity index (χ4v) is 3.26. The molecule has 2 saturated heterocycles. The SMILES string of the molecule is Cl.O=C(CC1CCCN1)N1CCN(C(=O)c2ccc(F)cc2F)CC1. The third-order valence-electron chi connectivity index (χ3n) is 4.66. The van der Waals surface area contributed by atoms with Crippen molar-refractivity contribution in [3.8, 4) is 0 Å². The summed E-state index contributed by atoms with van der Waals surface area (Å²) in [5.74, 6) is -1.93. The Morgan fingerprint density at radius 3 is 2.40 bits per heavy atom. The van der Waals surface area contributed by atoms with Crippen molar-refractivity contribution in [1.29, 1.82) is 0 Å². The van der Waals surface area contributed by atoms with Crippen molar-refractivity contribution in [2.24, 2.45) is 0 Å². The summed E-state index contributed by atoms with van der Waals surface area (Å²) < 4.78 is 26.7. The molecule has 0 spiro atoms.